The molecule has 34 heavy (non-hydrogen) atoms. The lowest BCUT2D eigenvalue weighted by Gasteiger charge is -2.29. The molecule has 0 aromatic rings. The summed E-state index contributed by atoms with van der Waals surface area (Å²) in [7, 11) is 0. The van der Waals surface area contributed by atoms with Gasteiger partial charge in [-0.25, -0.2) is 9.69 Å². The predicted octanol–water partition coefficient (Wildman–Crippen LogP) is 5.80. The predicted molar refractivity (Wildman–Crippen MR) is 143 cm³/mol. The zero-order chi connectivity index (χ0) is 25.2. The summed E-state index contributed by atoms with van der Waals surface area (Å²) in [6, 6.07) is -0.634. The summed E-state index contributed by atoms with van der Waals surface area (Å²) in [4.78, 5) is 33.9. The smallest absolute Gasteiger partial charge is 0.299 e. The molecule has 1 aliphatic rings. The molecule has 0 aromatic carbocycles. The lowest BCUT2D eigenvalue weighted by Crippen LogP contribution is -2.45. The van der Waals surface area contributed by atoms with E-state index in [1.54, 1.807) is 17.1 Å². The van der Waals surface area contributed by atoms with Crippen LogP contribution in [-0.4, -0.2) is 77.1 Å². The van der Waals surface area contributed by atoms with Crippen LogP contribution in [0.2, 0.25) is 0 Å². The molecule has 1 saturated heterocycles. The second kappa shape index (κ2) is 18.2. The Morgan fingerprint density at radius 1 is 0.706 bits per heavy atom. The fourth-order valence-corrected chi connectivity index (χ4v) is 4.44. The molecule has 0 radical (unpaired) electrons. The SMILES string of the molecule is C=CCN(CC=C)CN1C(=O)C(CCCCCCCCCCC)N(CN(CC=C)CC=C)C1=O. The molecule has 192 valence electrons. The summed E-state index contributed by atoms with van der Waals surface area (Å²) < 4.78 is 0. The zero-order valence-corrected chi connectivity index (χ0v) is 21.6. The molecule has 0 spiro atoms. The first-order chi connectivity index (χ1) is 16.5. The number of amides is 3. The van der Waals surface area contributed by atoms with Gasteiger partial charge < -0.3 is 0 Å². The molecule has 1 atom stereocenters. The van der Waals surface area contributed by atoms with Gasteiger partial charge in [0.25, 0.3) is 5.91 Å². The first kappa shape index (κ1) is 29.9. The Labute approximate surface area is 208 Å². The average molecular weight is 473 g/mol. The van der Waals surface area contributed by atoms with E-state index in [1.165, 1.54) is 49.8 Å². The maximum absolute atomic E-state index is 13.4. The lowest BCUT2D eigenvalue weighted by molar-refractivity contribution is -0.130. The van der Waals surface area contributed by atoms with Gasteiger partial charge in [0.2, 0.25) is 0 Å². The highest BCUT2D eigenvalue weighted by Gasteiger charge is 2.45. The standard InChI is InChI=1S/C28H48N4O2/c1-6-11-12-13-14-15-16-17-18-19-26-27(33)32(25-30(22-9-4)23-10-5)28(34)31(26)24-29(20-7-2)21-8-3/h7-10,26H,2-6,11-25H2,1H3. The second-order valence-electron chi connectivity index (χ2n) is 9.16. The molecule has 6 heteroatoms. The van der Waals surface area contributed by atoms with Crippen molar-refractivity contribution in [1.29, 1.82) is 0 Å². The molecule has 0 aliphatic carbocycles. The van der Waals surface area contributed by atoms with E-state index in [4.69, 9.17) is 0 Å². The molecular weight excluding hydrogens is 424 g/mol. The number of carbonyl (C=O) groups is 2. The third kappa shape index (κ3) is 10.4. The molecule has 0 aromatic heterocycles. The van der Waals surface area contributed by atoms with Crippen molar-refractivity contribution in [2.45, 2.75) is 77.2 Å². The minimum Gasteiger partial charge on any atom is -0.299 e. The number of urea groups is 1. The van der Waals surface area contributed by atoms with Crippen molar-refractivity contribution in [3.8, 4) is 0 Å². The average Bonchev–Trinajstić information content (AvgIpc) is 3.02. The first-order valence-electron chi connectivity index (χ1n) is 13.0. The molecule has 3 amide bonds. The Balaban J connectivity index is 2.78. The molecule has 0 saturated carbocycles. The van der Waals surface area contributed by atoms with Crippen LogP contribution in [0.4, 0.5) is 4.79 Å². The van der Waals surface area contributed by atoms with Crippen molar-refractivity contribution >= 4 is 11.9 Å². The maximum atomic E-state index is 13.4. The number of hydrogen-bond acceptors (Lipinski definition) is 4. The highest BCUT2D eigenvalue weighted by atomic mass is 16.2. The number of nitrogens with zero attached hydrogens (tertiary/aromatic N) is 4. The number of carbonyl (C=O) groups excluding carboxylic acids is 2. The number of imide groups is 1. The lowest BCUT2D eigenvalue weighted by atomic mass is 10.0. The molecule has 0 N–H and O–H groups in total. The second-order valence-corrected chi connectivity index (χ2v) is 9.16. The van der Waals surface area contributed by atoms with E-state index >= 15 is 0 Å². The Hall–Kier alpha value is -2.18. The van der Waals surface area contributed by atoms with Gasteiger partial charge in [-0.2, -0.15) is 0 Å². The summed E-state index contributed by atoms with van der Waals surface area (Å²) in [6.07, 6.45) is 18.9. The van der Waals surface area contributed by atoms with E-state index in [0.29, 0.717) is 39.3 Å². The Kier molecular flexibility index (Phi) is 16.0. The third-order valence-corrected chi connectivity index (χ3v) is 6.23. The van der Waals surface area contributed by atoms with E-state index in [0.717, 1.165) is 12.8 Å². The van der Waals surface area contributed by atoms with Crippen LogP contribution in [0, 0.1) is 0 Å². The molecule has 1 unspecified atom stereocenters. The Morgan fingerprint density at radius 2 is 1.15 bits per heavy atom. The van der Waals surface area contributed by atoms with Crippen LogP contribution in [-0.2, 0) is 4.79 Å². The molecule has 1 rings (SSSR count). The molecule has 0 bridgehead atoms. The van der Waals surface area contributed by atoms with Gasteiger partial charge in [0.15, 0.2) is 0 Å². The van der Waals surface area contributed by atoms with E-state index < -0.39 is 6.04 Å². The highest BCUT2D eigenvalue weighted by Crippen LogP contribution is 2.24. The van der Waals surface area contributed by atoms with Crippen molar-refractivity contribution in [2.24, 2.45) is 0 Å². The van der Waals surface area contributed by atoms with Gasteiger partial charge in [-0.3, -0.25) is 19.5 Å². The summed E-state index contributed by atoms with van der Waals surface area (Å²) in [5.41, 5.74) is 0. The largest absolute Gasteiger partial charge is 0.329 e. The van der Waals surface area contributed by atoms with Gasteiger partial charge in [0.1, 0.15) is 6.04 Å². The van der Waals surface area contributed by atoms with Gasteiger partial charge in [-0.1, -0.05) is 89.0 Å². The summed E-state index contributed by atoms with van der Waals surface area (Å²) >= 11 is 0. The van der Waals surface area contributed by atoms with Crippen molar-refractivity contribution in [3.63, 3.8) is 0 Å². The molecule has 1 aliphatic heterocycles. The van der Waals surface area contributed by atoms with E-state index in [9.17, 15) is 9.59 Å². The summed E-state index contributed by atoms with van der Waals surface area (Å²) in [6.45, 7) is 20.6. The van der Waals surface area contributed by atoms with E-state index in [1.807, 2.05) is 17.1 Å². The van der Waals surface area contributed by atoms with Crippen LogP contribution in [0.1, 0.15) is 71.1 Å². The van der Waals surface area contributed by atoms with Gasteiger partial charge in [-0.05, 0) is 6.42 Å². The van der Waals surface area contributed by atoms with Crippen LogP contribution >= 0.6 is 0 Å². The van der Waals surface area contributed by atoms with Crippen LogP contribution in [0.15, 0.2) is 50.6 Å². The maximum Gasteiger partial charge on any atom is 0.329 e. The topological polar surface area (TPSA) is 47.1 Å². The van der Waals surface area contributed by atoms with Gasteiger partial charge in [-0.15, -0.1) is 26.3 Å². The normalized spacial score (nSPS) is 16.0. The molecule has 1 fully saturated rings. The zero-order valence-electron chi connectivity index (χ0n) is 21.6. The van der Waals surface area contributed by atoms with E-state index in [2.05, 4.69) is 38.1 Å². The third-order valence-electron chi connectivity index (χ3n) is 6.23. The van der Waals surface area contributed by atoms with Gasteiger partial charge >= 0.3 is 6.03 Å². The Bertz CT molecular complexity index is 628. The van der Waals surface area contributed by atoms with Crippen LogP contribution in [0.3, 0.4) is 0 Å². The van der Waals surface area contributed by atoms with Crippen molar-refractivity contribution < 1.29 is 9.59 Å². The van der Waals surface area contributed by atoms with Crippen molar-refractivity contribution in [1.82, 2.24) is 19.6 Å². The number of rotatable bonds is 22. The molecular formula is C28H48N4O2. The monoisotopic (exact) mass is 472 g/mol. The fraction of sp³-hybridized carbons (Fsp3) is 0.643. The van der Waals surface area contributed by atoms with Crippen molar-refractivity contribution in [2.75, 3.05) is 39.5 Å². The number of hydrogen-bond donors (Lipinski definition) is 0. The van der Waals surface area contributed by atoms with E-state index in [-0.39, 0.29) is 18.6 Å². The molecule has 6 nitrogen and oxygen atoms in total. The van der Waals surface area contributed by atoms with Gasteiger partial charge in [0.05, 0.1) is 13.3 Å². The summed E-state index contributed by atoms with van der Waals surface area (Å²) in [5, 5.41) is 0. The molecule has 1 heterocycles. The quantitative estimate of drug-likeness (QED) is 0.113. The van der Waals surface area contributed by atoms with Crippen LogP contribution in [0.5, 0.6) is 0 Å². The first-order valence-corrected chi connectivity index (χ1v) is 13.0. The minimum atomic E-state index is -0.413. The van der Waals surface area contributed by atoms with Crippen LogP contribution in [0.25, 0.3) is 0 Å². The van der Waals surface area contributed by atoms with Crippen LogP contribution < -0.4 is 0 Å². The summed E-state index contributed by atoms with van der Waals surface area (Å²) in [5.74, 6) is -0.0974. The Morgan fingerprint density at radius 3 is 1.62 bits per heavy atom. The van der Waals surface area contributed by atoms with Crippen molar-refractivity contribution in [3.05, 3.63) is 50.6 Å². The highest BCUT2D eigenvalue weighted by molar-refractivity contribution is 6.04. The minimum absolute atomic E-state index is 0.0974. The van der Waals surface area contributed by atoms with Gasteiger partial charge in [0, 0.05) is 26.2 Å². The number of unbranched alkanes of at least 4 members (excludes halogenated alkanes) is 8. The fourth-order valence-electron chi connectivity index (χ4n) is 4.44.